The van der Waals surface area contributed by atoms with E-state index in [1.807, 2.05) is 19.0 Å². The van der Waals surface area contributed by atoms with Crippen molar-refractivity contribution < 1.29 is 33.7 Å². The van der Waals surface area contributed by atoms with Gasteiger partial charge >= 0.3 is 7.60 Å². The van der Waals surface area contributed by atoms with E-state index in [1.54, 1.807) is 0 Å². The van der Waals surface area contributed by atoms with Crippen LogP contribution in [0.4, 0.5) is 0 Å². The topological polar surface area (TPSA) is 109 Å². The summed E-state index contributed by atoms with van der Waals surface area (Å²) in [5.41, 5.74) is 0. The van der Waals surface area contributed by atoms with E-state index in [-0.39, 0.29) is 6.61 Å². The smallest absolute Gasteiger partial charge is 0.348 e. The summed E-state index contributed by atoms with van der Waals surface area (Å²) in [5, 5.41) is 10.0. The monoisotopic (exact) mass is 335 g/mol. The molecule has 0 aliphatic carbocycles. The molecule has 0 amide bonds. The van der Waals surface area contributed by atoms with Gasteiger partial charge in [-0.2, -0.15) is 0 Å². The first-order valence-corrected chi connectivity index (χ1v) is 8.56. The van der Waals surface area contributed by atoms with Gasteiger partial charge < -0.3 is 34.0 Å². The lowest BCUT2D eigenvalue weighted by atomic mass is 9.93. The fourth-order valence-corrected chi connectivity index (χ4v) is 2.26. The average Bonchev–Trinajstić information content (AvgIpc) is 2.66. The molecule has 126 valence electrons. The summed E-state index contributed by atoms with van der Waals surface area (Å²) < 4.78 is 26.8. The first-order chi connectivity index (χ1) is 10.2. The summed E-state index contributed by atoms with van der Waals surface area (Å²) in [5.74, 6) is 0.681. The van der Waals surface area contributed by atoms with Crippen molar-refractivity contribution in [1.82, 2.24) is 4.90 Å². The fraction of sp³-hybridized carbons (Fsp3) is 0.833. The lowest BCUT2D eigenvalue weighted by Gasteiger charge is -2.19. The molecule has 22 heavy (non-hydrogen) atoms. The first-order valence-electron chi connectivity index (χ1n) is 6.88. The minimum absolute atomic E-state index is 0.237. The Morgan fingerprint density at radius 2 is 2.00 bits per heavy atom. The Bertz CT molecular complexity index is 403. The van der Waals surface area contributed by atoms with E-state index in [0.717, 1.165) is 12.6 Å². The maximum Gasteiger partial charge on any atom is 0.348 e. The van der Waals surface area contributed by atoms with Crippen molar-refractivity contribution in [2.45, 2.75) is 24.3 Å². The molecular weight excluding hydrogens is 312 g/mol. The van der Waals surface area contributed by atoms with Gasteiger partial charge in [0.25, 0.3) is 0 Å². The Morgan fingerprint density at radius 1 is 1.32 bits per heavy atom. The largest absolute Gasteiger partial charge is 0.387 e. The van der Waals surface area contributed by atoms with Gasteiger partial charge in [0.2, 0.25) is 0 Å². The molecule has 1 aliphatic rings. The molecule has 0 spiro atoms. The van der Waals surface area contributed by atoms with Crippen molar-refractivity contribution in [3.05, 3.63) is 11.9 Å². The molecule has 4 atom stereocenters. The van der Waals surface area contributed by atoms with Crippen LogP contribution in [0.1, 0.15) is 0 Å². The number of hydrogen-bond acceptors (Lipinski definition) is 6. The SMILES string of the molecule is [B][C@@H]1O[C@H](/C=C/P(=O)(O)O)C(O)C1OCCOCCN(C)C. The van der Waals surface area contributed by atoms with Crippen molar-refractivity contribution in [3.63, 3.8) is 0 Å². The normalized spacial score (nSPS) is 29.7. The number of rotatable bonds is 9. The summed E-state index contributed by atoms with van der Waals surface area (Å²) in [6.45, 7) is 1.96. The third-order valence-electron chi connectivity index (χ3n) is 3.00. The third-order valence-corrected chi connectivity index (χ3v) is 3.56. The molecule has 0 saturated carbocycles. The maximum absolute atomic E-state index is 10.8. The van der Waals surface area contributed by atoms with Crippen LogP contribution in [-0.2, 0) is 18.8 Å². The van der Waals surface area contributed by atoms with Gasteiger partial charge in [-0.3, -0.25) is 4.57 Å². The average molecular weight is 335 g/mol. The molecule has 0 aromatic rings. The summed E-state index contributed by atoms with van der Waals surface area (Å²) in [7, 11) is 5.28. The molecule has 1 rings (SSSR count). The molecule has 8 nitrogen and oxygen atoms in total. The molecule has 0 aromatic heterocycles. The van der Waals surface area contributed by atoms with Gasteiger partial charge in [0.05, 0.1) is 19.8 Å². The molecule has 2 unspecified atom stereocenters. The van der Waals surface area contributed by atoms with E-state index in [4.69, 9.17) is 31.8 Å². The van der Waals surface area contributed by atoms with Crippen LogP contribution in [0.2, 0.25) is 0 Å². The van der Waals surface area contributed by atoms with Gasteiger partial charge in [0, 0.05) is 18.4 Å². The number of aliphatic hydroxyl groups is 1. The standard InChI is InChI=1S/C12H23BNO7P/c1-14(2)4-5-19-6-7-20-11-10(15)9(21-12(11)13)3-8-22(16,17)18/h3,8-12,15H,4-7H2,1-2H3,(H2,16,17,18)/b8-3+/t9-,10?,11?,12-/m1/s1. The highest BCUT2D eigenvalue weighted by Crippen LogP contribution is 2.37. The molecule has 1 saturated heterocycles. The van der Waals surface area contributed by atoms with Gasteiger partial charge in [-0.05, 0) is 20.2 Å². The van der Waals surface area contributed by atoms with Crippen LogP contribution in [0.3, 0.4) is 0 Å². The van der Waals surface area contributed by atoms with E-state index in [2.05, 4.69) is 0 Å². The second kappa shape index (κ2) is 9.15. The lowest BCUT2D eigenvalue weighted by Crippen LogP contribution is -2.36. The van der Waals surface area contributed by atoms with Crippen LogP contribution in [0, 0.1) is 0 Å². The molecule has 3 N–H and O–H groups in total. The van der Waals surface area contributed by atoms with E-state index >= 15 is 0 Å². The Labute approximate surface area is 131 Å². The second-order valence-electron chi connectivity index (χ2n) is 5.24. The zero-order valence-corrected chi connectivity index (χ0v) is 13.6. The van der Waals surface area contributed by atoms with Gasteiger partial charge in [-0.1, -0.05) is 0 Å². The Morgan fingerprint density at radius 3 is 2.59 bits per heavy atom. The zero-order valence-electron chi connectivity index (χ0n) is 12.7. The molecule has 10 heteroatoms. The quantitative estimate of drug-likeness (QED) is 0.277. The summed E-state index contributed by atoms with van der Waals surface area (Å²) in [6, 6.07) is -0.872. The third kappa shape index (κ3) is 7.35. The number of aliphatic hydroxyl groups excluding tert-OH is 1. The molecule has 1 heterocycles. The van der Waals surface area contributed by atoms with E-state index in [0.29, 0.717) is 19.0 Å². The van der Waals surface area contributed by atoms with Gasteiger partial charge in [0.1, 0.15) is 26.2 Å². The highest BCUT2D eigenvalue weighted by molar-refractivity contribution is 7.55. The van der Waals surface area contributed by atoms with Crippen LogP contribution in [-0.4, -0.2) is 92.4 Å². The van der Waals surface area contributed by atoms with Crippen molar-refractivity contribution in [2.75, 3.05) is 40.5 Å². The van der Waals surface area contributed by atoms with Crippen LogP contribution in [0.15, 0.2) is 11.9 Å². The van der Waals surface area contributed by atoms with Crippen molar-refractivity contribution in [1.29, 1.82) is 0 Å². The molecular formula is C12H23BNO7P. The van der Waals surface area contributed by atoms with E-state index < -0.39 is 31.9 Å². The Hall–Kier alpha value is -0.245. The molecule has 1 aliphatic heterocycles. The lowest BCUT2D eigenvalue weighted by molar-refractivity contribution is -0.0431. The number of ether oxygens (including phenoxy) is 3. The van der Waals surface area contributed by atoms with Crippen molar-refractivity contribution in [3.8, 4) is 0 Å². The zero-order chi connectivity index (χ0) is 16.8. The minimum atomic E-state index is -4.30. The molecule has 1 fully saturated rings. The van der Waals surface area contributed by atoms with Crippen LogP contribution < -0.4 is 0 Å². The number of likely N-dealkylation sites (N-methyl/N-ethyl adjacent to an activating group) is 1. The predicted molar refractivity (Wildman–Crippen MR) is 80.7 cm³/mol. The number of nitrogens with zero attached hydrogens (tertiary/aromatic N) is 1. The maximum atomic E-state index is 10.8. The number of hydrogen-bond donors (Lipinski definition) is 3. The van der Waals surface area contributed by atoms with Crippen molar-refractivity contribution >= 4 is 15.4 Å². The molecule has 0 bridgehead atoms. The van der Waals surface area contributed by atoms with Crippen molar-refractivity contribution in [2.24, 2.45) is 0 Å². The minimum Gasteiger partial charge on any atom is -0.387 e. The predicted octanol–water partition coefficient (Wildman–Crippen LogP) is -1.10. The Kier molecular flexibility index (Phi) is 8.23. The second-order valence-corrected chi connectivity index (χ2v) is 6.71. The Balaban J connectivity index is 2.32. The summed E-state index contributed by atoms with van der Waals surface area (Å²) in [4.78, 5) is 19.5. The molecule has 0 aromatic carbocycles. The van der Waals surface area contributed by atoms with E-state index in [1.165, 1.54) is 0 Å². The van der Waals surface area contributed by atoms with Gasteiger partial charge in [0.15, 0.2) is 0 Å². The highest BCUT2D eigenvalue weighted by Gasteiger charge is 2.40. The van der Waals surface area contributed by atoms with Crippen LogP contribution in [0.25, 0.3) is 0 Å². The van der Waals surface area contributed by atoms with Crippen LogP contribution >= 0.6 is 7.60 Å². The van der Waals surface area contributed by atoms with Crippen LogP contribution in [0.5, 0.6) is 0 Å². The van der Waals surface area contributed by atoms with E-state index in [9.17, 15) is 9.67 Å². The van der Waals surface area contributed by atoms with Gasteiger partial charge in [-0.15, -0.1) is 0 Å². The molecule has 2 radical (unpaired) electrons. The summed E-state index contributed by atoms with van der Waals surface area (Å²) >= 11 is 0. The fourth-order valence-electron chi connectivity index (χ4n) is 1.86. The summed E-state index contributed by atoms with van der Waals surface area (Å²) in [6.07, 6.45) is -1.69. The first kappa shape index (κ1) is 19.8. The van der Waals surface area contributed by atoms with Gasteiger partial charge in [-0.25, -0.2) is 0 Å². The highest BCUT2D eigenvalue weighted by atomic mass is 31.2.